The molecule has 1 aromatic rings. The van der Waals surface area contributed by atoms with E-state index in [0.717, 1.165) is 5.56 Å². The third-order valence-corrected chi connectivity index (χ3v) is 3.80. The van der Waals surface area contributed by atoms with Crippen molar-refractivity contribution in [1.29, 1.82) is 0 Å². The predicted molar refractivity (Wildman–Crippen MR) is 93.3 cm³/mol. The lowest BCUT2D eigenvalue weighted by Crippen LogP contribution is -2.47. The first-order valence-corrected chi connectivity index (χ1v) is 7.70. The van der Waals surface area contributed by atoms with Crippen molar-refractivity contribution in [2.45, 2.75) is 25.5 Å². The topological polar surface area (TPSA) is 48.9 Å². The summed E-state index contributed by atoms with van der Waals surface area (Å²) in [6.07, 6.45) is 0. The number of nitrogens with zero attached hydrogens (tertiary/aromatic N) is 2. The fourth-order valence-corrected chi connectivity index (χ4v) is 2.07. The van der Waals surface area contributed by atoms with Gasteiger partial charge in [0.2, 0.25) is 0 Å². The molecule has 5 nitrogen and oxygen atoms in total. The van der Waals surface area contributed by atoms with Gasteiger partial charge in [0.25, 0.3) is 0 Å². The van der Waals surface area contributed by atoms with E-state index in [4.69, 9.17) is 4.74 Å². The van der Waals surface area contributed by atoms with Crippen molar-refractivity contribution < 1.29 is 9.13 Å². The van der Waals surface area contributed by atoms with Crippen molar-refractivity contribution >= 4 is 5.96 Å². The predicted octanol–water partition coefficient (Wildman–Crippen LogP) is 2.02. The Labute approximate surface area is 138 Å². The Morgan fingerprint density at radius 1 is 1.26 bits per heavy atom. The summed E-state index contributed by atoms with van der Waals surface area (Å²) in [6.45, 7) is 5.32. The van der Waals surface area contributed by atoms with E-state index in [9.17, 15) is 4.39 Å². The van der Waals surface area contributed by atoms with Gasteiger partial charge in [0.1, 0.15) is 5.82 Å². The molecule has 0 amide bonds. The lowest BCUT2D eigenvalue weighted by atomic mass is 10.1. The zero-order chi connectivity index (χ0) is 17.5. The summed E-state index contributed by atoms with van der Waals surface area (Å²) >= 11 is 0. The monoisotopic (exact) mass is 324 g/mol. The van der Waals surface area contributed by atoms with Gasteiger partial charge in [0.05, 0.1) is 11.6 Å². The average molecular weight is 324 g/mol. The maximum Gasteiger partial charge on any atom is 0.191 e. The maximum absolute atomic E-state index is 13.1. The molecule has 0 saturated heterocycles. The van der Waals surface area contributed by atoms with E-state index in [-0.39, 0.29) is 17.5 Å². The molecule has 0 heterocycles. The van der Waals surface area contributed by atoms with Gasteiger partial charge in [-0.15, -0.1) is 0 Å². The molecule has 1 rings (SSSR count). The van der Waals surface area contributed by atoms with Gasteiger partial charge in [-0.3, -0.25) is 4.99 Å². The Bertz CT molecular complexity index is 500. The third-order valence-electron chi connectivity index (χ3n) is 3.80. The number of guanidine groups is 1. The molecular formula is C17H29FN4O. The molecule has 0 saturated carbocycles. The van der Waals surface area contributed by atoms with Crippen molar-refractivity contribution in [3.63, 3.8) is 0 Å². The Hall–Kier alpha value is -1.66. The summed E-state index contributed by atoms with van der Waals surface area (Å²) < 4.78 is 18.5. The number of rotatable bonds is 7. The SMILES string of the molecule is CN=C(NCC(c1ccc(F)cc1)N(C)C)NCC(C)(C)OC. The number of methoxy groups -OCH3 is 1. The van der Waals surface area contributed by atoms with Gasteiger partial charge < -0.3 is 20.3 Å². The highest BCUT2D eigenvalue weighted by molar-refractivity contribution is 5.79. The minimum absolute atomic E-state index is 0.115. The second kappa shape index (κ2) is 8.84. The van der Waals surface area contributed by atoms with Gasteiger partial charge >= 0.3 is 0 Å². The summed E-state index contributed by atoms with van der Waals surface area (Å²) in [5, 5.41) is 6.56. The highest BCUT2D eigenvalue weighted by atomic mass is 19.1. The fourth-order valence-electron chi connectivity index (χ4n) is 2.07. The Kier molecular flexibility index (Phi) is 7.45. The first kappa shape index (κ1) is 19.4. The smallest absolute Gasteiger partial charge is 0.191 e. The number of nitrogens with one attached hydrogen (secondary N) is 2. The van der Waals surface area contributed by atoms with Crippen LogP contribution in [0, 0.1) is 5.82 Å². The van der Waals surface area contributed by atoms with E-state index in [0.29, 0.717) is 19.0 Å². The summed E-state index contributed by atoms with van der Waals surface area (Å²) in [5.41, 5.74) is 0.784. The standard InChI is InChI=1S/C17H29FN4O/c1-17(2,23-6)12-21-16(19-3)20-11-15(22(4)5)13-7-9-14(18)10-8-13/h7-10,15H,11-12H2,1-6H3,(H2,19,20,21). The van der Waals surface area contributed by atoms with Gasteiger partial charge in [0, 0.05) is 27.2 Å². The first-order valence-electron chi connectivity index (χ1n) is 7.70. The zero-order valence-electron chi connectivity index (χ0n) is 15.0. The molecule has 1 atom stereocenters. The zero-order valence-corrected chi connectivity index (χ0v) is 15.0. The molecule has 0 fully saturated rings. The van der Waals surface area contributed by atoms with Crippen LogP contribution >= 0.6 is 0 Å². The van der Waals surface area contributed by atoms with E-state index in [1.54, 1.807) is 14.2 Å². The van der Waals surface area contributed by atoms with Crippen LogP contribution in [0.4, 0.5) is 4.39 Å². The molecule has 0 radical (unpaired) electrons. The van der Waals surface area contributed by atoms with Gasteiger partial charge in [0.15, 0.2) is 5.96 Å². The molecule has 0 aromatic heterocycles. The third kappa shape index (κ3) is 6.54. The van der Waals surface area contributed by atoms with Crippen molar-refractivity contribution in [2.24, 2.45) is 4.99 Å². The minimum Gasteiger partial charge on any atom is -0.377 e. The van der Waals surface area contributed by atoms with Crippen LogP contribution < -0.4 is 10.6 Å². The summed E-state index contributed by atoms with van der Waals surface area (Å²) in [4.78, 5) is 6.31. The first-order chi connectivity index (χ1) is 10.8. The van der Waals surface area contributed by atoms with Crippen molar-refractivity contribution in [3.05, 3.63) is 35.6 Å². The number of likely N-dealkylation sites (N-methyl/N-ethyl adjacent to an activating group) is 1. The Morgan fingerprint density at radius 2 is 1.87 bits per heavy atom. The minimum atomic E-state index is -0.268. The van der Waals surface area contributed by atoms with E-state index in [2.05, 4.69) is 20.5 Å². The van der Waals surface area contributed by atoms with Crippen LogP contribution in [0.1, 0.15) is 25.5 Å². The largest absolute Gasteiger partial charge is 0.377 e. The van der Waals surface area contributed by atoms with E-state index in [1.807, 2.05) is 40.1 Å². The molecule has 0 bridgehead atoms. The van der Waals surface area contributed by atoms with Crippen LogP contribution in [0.2, 0.25) is 0 Å². The Balaban J connectivity index is 2.65. The number of ether oxygens (including phenoxy) is 1. The molecular weight excluding hydrogens is 295 g/mol. The lowest BCUT2D eigenvalue weighted by Gasteiger charge is -2.28. The van der Waals surface area contributed by atoms with Crippen LogP contribution in [0.3, 0.4) is 0 Å². The van der Waals surface area contributed by atoms with Crippen LogP contribution in [-0.2, 0) is 4.74 Å². The highest BCUT2D eigenvalue weighted by Crippen LogP contribution is 2.17. The van der Waals surface area contributed by atoms with Crippen molar-refractivity contribution in [1.82, 2.24) is 15.5 Å². The maximum atomic E-state index is 13.1. The number of hydrogen-bond donors (Lipinski definition) is 2. The normalized spacial score (nSPS) is 14.0. The lowest BCUT2D eigenvalue weighted by molar-refractivity contribution is 0.0268. The van der Waals surface area contributed by atoms with Gasteiger partial charge in [-0.25, -0.2) is 4.39 Å². The number of aliphatic imine (C=N–C) groups is 1. The van der Waals surface area contributed by atoms with E-state index >= 15 is 0 Å². The molecule has 23 heavy (non-hydrogen) atoms. The quantitative estimate of drug-likeness (QED) is 0.595. The molecule has 0 aliphatic heterocycles. The van der Waals surface area contributed by atoms with Crippen LogP contribution in [0.25, 0.3) is 0 Å². The molecule has 1 unspecified atom stereocenters. The fraction of sp³-hybridized carbons (Fsp3) is 0.588. The molecule has 1 aromatic carbocycles. The van der Waals surface area contributed by atoms with Gasteiger partial charge in [-0.2, -0.15) is 0 Å². The number of benzene rings is 1. The van der Waals surface area contributed by atoms with Crippen molar-refractivity contribution in [2.75, 3.05) is 41.3 Å². The molecule has 130 valence electrons. The second-order valence-corrected chi connectivity index (χ2v) is 6.30. The molecule has 0 spiro atoms. The average Bonchev–Trinajstić information content (AvgIpc) is 2.51. The molecule has 0 aliphatic carbocycles. The summed E-state index contributed by atoms with van der Waals surface area (Å²) in [7, 11) is 7.42. The van der Waals surface area contributed by atoms with Crippen LogP contribution in [0.5, 0.6) is 0 Å². The van der Waals surface area contributed by atoms with Crippen LogP contribution in [0.15, 0.2) is 29.3 Å². The number of hydrogen-bond acceptors (Lipinski definition) is 3. The van der Waals surface area contributed by atoms with Crippen LogP contribution in [-0.4, -0.2) is 57.8 Å². The van der Waals surface area contributed by atoms with E-state index < -0.39 is 0 Å². The highest BCUT2D eigenvalue weighted by Gasteiger charge is 2.18. The van der Waals surface area contributed by atoms with Crippen molar-refractivity contribution in [3.8, 4) is 0 Å². The number of halogens is 1. The summed E-state index contributed by atoms with van der Waals surface area (Å²) in [6, 6.07) is 6.71. The van der Waals surface area contributed by atoms with Gasteiger partial charge in [-0.1, -0.05) is 12.1 Å². The molecule has 6 heteroatoms. The van der Waals surface area contributed by atoms with Gasteiger partial charge in [-0.05, 0) is 45.6 Å². The second-order valence-electron chi connectivity index (χ2n) is 6.30. The van der Waals surface area contributed by atoms with E-state index in [1.165, 1.54) is 12.1 Å². The Morgan fingerprint density at radius 3 is 2.35 bits per heavy atom. The summed E-state index contributed by atoms with van der Waals surface area (Å²) in [5.74, 6) is 0.488. The molecule has 2 N–H and O–H groups in total. The molecule has 0 aliphatic rings.